The second-order valence-corrected chi connectivity index (χ2v) is 7.49. The minimum Gasteiger partial charge on any atom is -0.377 e. The average molecular weight is 393 g/mol. The molecular formula is C18H21BrN2O3. The van der Waals surface area contributed by atoms with Crippen LogP contribution >= 0.6 is 15.9 Å². The van der Waals surface area contributed by atoms with Crippen molar-refractivity contribution >= 4 is 32.7 Å². The first-order chi connectivity index (χ1) is 11.5. The molecule has 1 aromatic heterocycles. The largest absolute Gasteiger partial charge is 0.377 e. The molecule has 1 amide bonds. The lowest BCUT2D eigenvalue weighted by atomic mass is 10.0. The Bertz CT molecular complexity index is 816. The number of morpholine rings is 1. The van der Waals surface area contributed by atoms with Crippen LogP contribution in [-0.4, -0.2) is 41.6 Å². The lowest BCUT2D eigenvalue weighted by Gasteiger charge is -2.36. The van der Waals surface area contributed by atoms with Crippen LogP contribution in [0, 0.1) is 5.92 Å². The van der Waals surface area contributed by atoms with E-state index in [1.54, 1.807) is 11.0 Å². The summed E-state index contributed by atoms with van der Waals surface area (Å²) in [5.41, 5.74) is 0.682. The minimum absolute atomic E-state index is 0.0175. The molecule has 1 aromatic carbocycles. The number of benzene rings is 1. The molecule has 2 aromatic rings. The van der Waals surface area contributed by atoms with Crippen molar-refractivity contribution in [3.63, 3.8) is 0 Å². The van der Waals surface area contributed by atoms with E-state index < -0.39 is 0 Å². The van der Waals surface area contributed by atoms with E-state index >= 15 is 0 Å². The molecule has 1 saturated heterocycles. The molecule has 3 rings (SSSR count). The number of nitrogens with zero attached hydrogens (tertiary/aromatic N) is 1. The number of carbonyl (C=O) groups excluding carboxylic acids is 1. The summed E-state index contributed by atoms with van der Waals surface area (Å²) in [5, 5.41) is 0.517. The summed E-state index contributed by atoms with van der Waals surface area (Å²) in [6.07, 6.45) is 2.39. The standard InChI is InChI=1S/C18H21BrN2O3/c1-11(2)7-13-10-24-6-5-21(13)18(23)15-9-20-16-4-3-12(19)8-14(16)17(15)22/h3-4,8-9,11,13H,5-7,10H2,1-2H3,(H,20,22)/t13-/m0/s1. The molecule has 6 heteroatoms. The molecule has 0 aliphatic carbocycles. The van der Waals surface area contributed by atoms with Gasteiger partial charge < -0.3 is 14.6 Å². The van der Waals surface area contributed by atoms with Crippen molar-refractivity contribution in [3.05, 3.63) is 44.7 Å². The quantitative estimate of drug-likeness (QED) is 0.872. The molecule has 0 unspecified atom stereocenters. The van der Waals surface area contributed by atoms with Crippen molar-refractivity contribution in [2.45, 2.75) is 26.3 Å². The normalized spacial score (nSPS) is 18.3. The van der Waals surface area contributed by atoms with Gasteiger partial charge >= 0.3 is 0 Å². The van der Waals surface area contributed by atoms with Gasteiger partial charge in [-0.1, -0.05) is 29.8 Å². The summed E-state index contributed by atoms with van der Waals surface area (Å²) in [6, 6.07) is 5.45. The van der Waals surface area contributed by atoms with Crippen LogP contribution in [0.1, 0.15) is 30.6 Å². The van der Waals surface area contributed by atoms with Gasteiger partial charge in [0.15, 0.2) is 0 Å². The zero-order valence-electron chi connectivity index (χ0n) is 13.8. The van der Waals surface area contributed by atoms with Gasteiger partial charge in [0.25, 0.3) is 5.91 Å². The number of rotatable bonds is 3. The first kappa shape index (κ1) is 17.2. The van der Waals surface area contributed by atoms with E-state index in [4.69, 9.17) is 4.74 Å². The van der Waals surface area contributed by atoms with Gasteiger partial charge in [-0.3, -0.25) is 9.59 Å². The number of halogens is 1. The molecule has 1 aliphatic heterocycles. The minimum atomic E-state index is -0.232. The summed E-state index contributed by atoms with van der Waals surface area (Å²) in [4.78, 5) is 30.6. The predicted molar refractivity (Wildman–Crippen MR) is 97.4 cm³/mol. The topological polar surface area (TPSA) is 62.4 Å². The van der Waals surface area contributed by atoms with Gasteiger partial charge in [-0.05, 0) is 30.5 Å². The van der Waals surface area contributed by atoms with Crippen molar-refractivity contribution in [2.75, 3.05) is 19.8 Å². The average Bonchev–Trinajstić information content (AvgIpc) is 2.55. The summed E-state index contributed by atoms with van der Waals surface area (Å²) >= 11 is 3.38. The third kappa shape index (κ3) is 3.39. The number of amides is 1. The highest BCUT2D eigenvalue weighted by Gasteiger charge is 2.30. The van der Waals surface area contributed by atoms with Crippen molar-refractivity contribution < 1.29 is 9.53 Å². The molecule has 1 N–H and O–H groups in total. The van der Waals surface area contributed by atoms with E-state index in [9.17, 15) is 9.59 Å². The van der Waals surface area contributed by atoms with E-state index in [0.29, 0.717) is 31.1 Å². The highest BCUT2D eigenvalue weighted by atomic mass is 79.9. The maximum Gasteiger partial charge on any atom is 0.259 e. The van der Waals surface area contributed by atoms with E-state index in [1.807, 2.05) is 12.1 Å². The number of hydrogen-bond acceptors (Lipinski definition) is 3. The zero-order chi connectivity index (χ0) is 17.3. The van der Waals surface area contributed by atoms with Gasteiger partial charge in [-0.2, -0.15) is 0 Å². The number of aromatic amines is 1. The Morgan fingerprint density at radius 1 is 1.46 bits per heavy atom. The monoisotopic (exact) mass is 392 g/mol. The lowest BCUT2D eigenvalue weighted by molar-refractivity contribution is -0.00753. The van der Waals surface area contributed by atoms with Crippen molar-refractivity contribution in [1.82, 2.24) is 9.88 Å². The smallest absolute Gasteiger partial charge is 0.259 e. The van der Waals surface area contributed by atoms with Crippen LogP contribution in [0.2, 0.25) is 0 Å². The Morgan fingerprint density at radius 3 is 3.00 bits per heavy atom. The number of nitrogens with one attached hydrogen (secondary N) is 1. The molecule has 0 radical (unpaired) electrons. The van der Waals surface area contributed by atoms with Gasteiger partial charge in [0.1, 0.15) is 5.56 Å². The summed E-state index contributed by atoms with van der Waals surface area (Å²) in [7, 11) is 0. The summed E-state index contributed by atoms with van der Waals surface area (Å²) in [5.74, 6) is 0.241. The Hall–Kier alpha value is -1.66. The predicted octanol–water partition coefficient (Wildman–Crippen LogP) is 3.18. The fraction of sp³-hybridized carbons (Fsp3) is 0.444. The van der Waals surface area contributed by atoms with Gasteiger partial charge in [0, 0.05) is 28.1 Å². The highest BCUT2D eigenvalue weighted by Crippen LogP contribution is 2.19. The van der Waals surface area contributed by atoms with Crippen LogP contribution in [0.3, 0.4) is 0 Å². The van der Waals surface area contributed by atoms with Crippen molar-refractivity contribution in [1.29, 1.82) is 0 Å². The highest BCUT2D eigenvalue weighted by molar-refractivity contribution is 9.10. The number of ether oxygens (including phenoxy) is 1. The van der Waals surface area contributed by atoms with Gasteiger partial charge in [-0.15, -0.1) is 0 Å². The van der Waals surface area contributed by atoms with Crippen LogP contribution in [0.5, 0.6) is 0 Å². The molecule has 0 saturated carbocycles. The Morgan fingerprint density at radius 2 is 2.25 bits per heavy atom. The maximum absolute atomic E-state index is 13.0. The fourth-order valence-corrected chi connectivity index (χ4v) is 3.53. The van der Waals surface area contributed by atoms with Crippen LogP contribution in [0.4, 0.5) is 0 Å². The summed E-state index contributed by atoms with van der Waals surface area (Å²) in [6.45, 7) is 5.81. The summed E-state index contributed by atoms with van der Waals surface area (Å²) < 4.78 is 6.34. The van der Waals surface area contributed by atoms with Crippen LogP contribution in [-0.2, 0) is 4.74 Å². The van der Waals surface area contributed by atoms with Gasteiger partial charge in [0.05, 0.1) is 19.3 Å². The Labute approximate surface area is 149 Å². The Balaban J connectivity index is 1.98. The van der Waals surface area contributed by atoms with Crippen molar-refractivity contribution in [2.24, 2.45) is 5.92 Å². The lowest BCUT2D eigenvalue weighted by Crippen LogP contribution is -2.50. The molecular weight excluding hydrogens is 372 g/mol. The number of carbonyl (C=O) groups is 1. The van der Waals surface area contributed by atoms with E-state index in [2.05, 4.69) is 34.8 Å². The second-order valence-electron chi connectivity index (χ2n) is 6.58. The van der Waals surface area contributed by atoms with Crippen molar-refractivity contribution in [3.8, 4) is 0 Å². The number of hydrogen-bond donors (Lipinski definition) is 1. The molecule has 1 fully saturated rings. The van der Waals surface area contributed by atoms with E-state index in [-0.39, 0.29) is 22.9 Å². The first-order valence-corrected chi connectivity index (χ1v) is 8.96. The molecule has 0 spiro atoms. The SMILES string of the molecule is CC(C)C[C@H]1COCCN1C(=O)c1c[nH]c2ccc(Br)cc2c1=O. The molecule has 5 nitrogen and oxygen atoms in total. The van der Waals surface area contributed by atoms with E-state index in [0.717, 1.165) is 16.4 Å². The van der Waals surface area contributed by atoms with E-state index in [1.165, 1.54) is 6.20 Å². The maximum atomic E-state index is 13.0. The number of aromatic nitrogens is 1. The van der Waals surface area contributed by atoms with Gasteiger partial charge in [-0.25, -0.2) is 0 Å². The van der Waals surface area contributed by atoms with Crippen LogP contribution in [0.15, 0.2) is 33.7 Å². The molecule has 1 atom stereocenters. The third-order valence-corrected chi connectivity index (χ3v) is 4.80. The number of pyridine rings is 1. The van der Waals surface area contributed by atoms with Crippen LogP contribution < -0.4 is 5.43 Å². The number of fused-ring (bicyclic) bond motifs is 1. The third-order valence-electron chi connectivity index (χ3n) is 4.31. The first-order valence-electron chi connectivity index (χ1n) is 8.17. The molecule has 1 aliphatic rings. The molecule has 0 bridgehead atoms. The zero-order valence-corrected chi connectivity index (χ0v) is 15.4. The Kier molecular flexibility index (Phi) is 5.06. The molecule has 2 heterocycles. The second kappa shape index (κ2) is 7.07. The molecule has 128 valence electrons. The fourth-order valence-electron chi connectivity index (χ4n) is 3.17. The number of H-pyrrole nitrogens is 1. The van der Waals surface area contributed by atoms with Crippen LogP contribution in [0.25, 0.3) is 10.9 Å². The van der Waals surface area contributed by atoms with Gasteiger partial charge in [0.2, 0.25) is 5.43 Å². The molecule has 24 heavy (non-hydrogen) atoms.